The number of nitrogens with one attached hydrogen (secondary N) is 1. The number of hydrogen-bond donors (Lipinski definition) is 1. The van der Waals surface area contributed by atoms with E-state index in [0.29, 0.717) is 5.65 Å². The van der Waals surface area contributed by atoms with Crippen molar-refractivity contribution in [1.82, 2.24) is 14.4 Å². The van der Waals surface area contributed by atoms with Crippen LogP contribution in [0, 0.1) is 0 Å². The van der Waals surface area contributed by atoms with Gasteiger partial charge in [-0.15, -0.1) is 11.3 Å². The van der Waals surface area contributed by atoms with Crippen LogP contribution in [-0.2, 0) is 0 Å². The molecule has 0 atom stereocenters. The predicted molar refractivity (Wildman–Crippen MR) is 59.1 cm³/mol. The molecule has 0 radical (unpaired) electrons. The molecule has 3 aromatic rings. The first-order chi connectivity index (χ1) is 7.34. The summed E-state index contributed by atoms with van der Waals surface area (Å²) in [6.45, 7) is 0. The van der Waals surface area contributed by atoms with Gasteiger partial charge in [-0.25, -0.2) is 4.98 Å². The van der Waals surface area contributed by atoms with E-state index in [1.807, 2.05) is 23.7 Å². The van der Waals surface area contributed by atoms with Crippen LogP contribution in [0.15, 0.2) is 40.9 Å². The number of H-pyrrole nitrogens is 1. The number of aromatic nitrogens is 3. The molecule has 4 nitrogen and oxygen atoms in total. The van der Waals surface area contributed by atoms with Crippen LogP contribution in [0.2, 0.25) is 0 Å². The molecule has 0 aliphatic heterocycles. The summed E-state index contributed by atoms with van der Waals surface area (Å²) >= 11 is 1.59. The number of thiophene rings is 1. The maximum absolute atomic E-state index is 11.6. The van der Waals surface area contributed by atoms with Crippen LogP contribution in [0.3, 0.4) is 0 Å². The average Bonchev–Trinajstić information content (AvgIpc) is 2.88. The van der Waals surface area contributed by atoms with Crippen LogP contribution < -0.4 is 5.56 Å². The van der Waals surface area contributed by atoms with Gasteiger partial charge in [0, 0.05) is 18.6 Å². The number of nitrogens with zero attached hydrogens (tertiary/aromatic N) is 2. The van der Waals surface area contributed by atoms with Crippen LogP contribution >= 0.6 is 11.3 Å². The molecule has 0 fully saturated rings. The van der Waals surface area contributed by atoms with Gasteiger partial charge in [0.15, 0.2) is 0 Å². The van der Waals surface area contributed by atoms with E-state index in [-0.39, 0.29) is 5.56 Å². The van der Waals surface area contributed by atoms with Crippen molar-refractivity contribution in [3.63, 3.8) is 0 Å². The lowest BCUT2D eigenvalue weighted by molar-refractivity contribution is 1.10. The summed E-state index contributed by atoms with van der Waals surface area (Å²) in [6.07, 6.45) is 5.25. The van der Waals surface area contributed by atoms with E-state index in [0.717, 1.165) is 10.6 Å². The minimum absolute atomic E-state index is 0.161. The Kier molecular flexibility index (Phi) is 1.72. The van der Waals surface area contributed by atoms with Crippen molar-refractivity contribution in [2.24, 2.45) is 0 Å². The topological polar surface area (TPSA) is 50.2 Å². The first-order valence-electron chi connectivity index (χ1n) is 4.44. The van der Waals surface area contributed by atoms with E-state index in [1.54, 1.807) is 28.1 Å². The highest BCUT2D eigenvalue weighted by molar-refractivity contribution is 7.13. The van der Waals surface area contributed by atoms with Crippen LogP contribution in [0.1, 0.15) is 0 Å². The number of imidazole rings is 1. The lowest BCUT2D eigenvalue weighted by Crippen LogP contribution is -2.10. The molecule has 0 spiro atoms. The number of rotatable bonds is 1. The zero-order chi connectivity index (χ0) is 10.3. The number of aromatic amines is 1. The maximum atomic E-state index is 11.6. The van der Waals surface area contributed by atoms with E-state index in [9.17, 15) is 4.79 Å². The highest BCUT2D eigenvalue weighted by Crippen LogP contribution is 2.21. The molecule has 0 aliphatic rings. The summed E-state index contributed by atoms with van der Waals surface area (Å²) in [7, 11) is 0. The third-order valence-electron chi connectivity index (χ3n) is 2.17. The van der Waals surface area contributed by atoms with Crippen molar-refractivity contribution in [1.29, 1.82) is 0 Å². The zero-order valence-electron chi connectivity index (χ0n) is 7.68. The quantitative estimate of drug-likeness (QED) is 0.675. The molecule has 3 rings (SSSR count). The molecule has 0 amide bonds. The standard InChI is InChI=1S/C10H7N3OS/c14-10-9-11-3-4-13(9)6-7(12-10)8-2-1-5-15-8/h1-6H,(H,12,14). The summed E-state index contributed by atoms with van der Waals surface area (Å²) in [5.74, 6) is 0. The van der Waals surface area contributed by atoms with Crippen molar-refractivity contribution in [3.8, 4) is 10.6 Å². The Labute approximate surface area is 88.8 Å². The smallest absolute Gasteiger partial charge is 0.292 e. The highest BCUT2D eigenvalue weighted by atomic mass is 32.1. The van der Waals surface area contributed by atoms with Crippen molar-refractivity contribution >= 4 is 17.0 Å². The van der Waals surface area contributed by atoms with E-state index in [4.69, 9.17) is 0 Å². The highest BCUT2D eigenvalue weighted by Gasteiger charge is 2.04. The summed E-state index contributed by atoms with van der Waals surface area (Å²) in [6, 6.07) is 3.93. The van der Waals surface area contributed by atoms with Gasteiger partial charge < -0.3 is 9.38 Å². The first-order valence-corrected chi connectivity index (χ1v) is 5.32. The van der Waals surface area contributed by atoms with Crippen molar-refractivity contribution in [2.75, 3.05) is 0 Å². The number of hydrogen-bond acceptors (Lipinski definition) is 3. The fourth-order valence-corrected chi connectivity index (χ4v) is 2.19. The van der Waals surface area contributed by atoms with Crippen molar-refractivity contribution in [3.05, 3.63) is 46.5 Å². The van der Waals surface area contributed by atoms with Gasteiger partial charge in [-0.2, -0.15) is 0 Å². The second-order valence-electron chi connectivity index (χ2n) is 3.13. The Morgan fingerprint density at radius 3 is 3.20 bits per heavy atom. The van der Waals surface area contributed by atoms with Crippen LogP contribution in [0.4, 0.5) is 0 Å². The van der Waals surface area contributed by atoms with Gasteiger partial charge in [-0.3, -0.25) is 4.79 Å². The molecule has 74 valence electrons. The van der Waals surface area contributed by atoms with Crippen molar-refractivity contribution < 1.29 is 0 Å². The fourth-order valence-electron chi connectivity index (χ4n) is 1.50. The molecule has 15 heavy (non-hydrogen) atoms. The summed E-state index contributed by atoms with van der Waals surface area (Å²) in [4.78, 5) is 19.4. The Hall–Kier alpha value is -1.88. The van der Waals surface area contributed by atoms with E-state index >= 15 is 0 Å². The van der Waals surface area contributed by atoms with Gasteiger partial charge in [0.1, 0.15) is 0 Å². The van der Waals surface area contributed by atoms with Crippen LogP contribution in [0.5, 0.6) is 0 Å². The Bertz CT molecular complexity index is 651. The Balaban J connectivity index is 2.34. The van der Waals surface area contributed by atoms with E-state index in [2.05, 4.69) is 9.97 Å². The minimum atomic E-state index is -0.161. The van der Waals surface area contributed by atoms with Gasteiger partial charge in [-0.1, -0.05) is 6.07 Å². The molecule has 3 aromatic heterocycles. The molecule has 0 aromatic carbocycles. The lowest BCUT2D eigenvalue weighted by atomic mass is 10.3. The molecule has 1 N–H and O–H groups in total. The van der Waals surface area contributed by atoms with Crippen LogP contribution in [0.25, 0.3) is 16.2 Å². The fraction of sp³-hybridized carbons (Fsp3) is 0. The second-order valence-corrected chi connectivity index (χ2v) is 4.08. The maximum Gasteiger partial charge on any atom is 0.292 e. The molecule has 0 aliphatic carbocycles. The minimum Gasteiger partial charge on any atom is -0.317 e. The summed E-state index contributed by atoms with van der Waals surface area (Å²) in [5.41, 5.74) is 1.08. The third-order valence-corrected chi connectivity index (χ3v) is 3.08. The van der Waals surface area contributed by atoms with E-state index in [1.165, 1.54) is 0 Å². The predicted octanol–water partition coefficient (Wildman–Crippen LogP) is 1.75. The molecule has 0 unspecified atom stereocenters. The van der Waals surface area contributed by atoms with Gasteiger partial charge in [0.2, 0.25) is 5.65 Å². The molecule has 5 heteroatoms. The monoisotopic (exact) mass is 217 g/mol. The van der Waals surface area contributed by atoms with E-state index < -0.39 is 0 Å². The molecule has 0 saturated carbocycles. The molecule has 0 bridgehead atoms. The van der Waals surface area contributed by atoms with Crippen molar-refractivity contribution in [2.45, 2.75) is 0 Å². The summed E-state index contributed by atoms with van der Waals surface area (Å²) in [5, 5.41) is 1.98. The SMILES string of the molecule is O=c1[nH]c(-c2cccs2)cn2ccnc12. The molecule has 3 heterocycles. The molecule has 0 saturated heterocycles. The average molecular weight is 217 g/mol. The number of fused-ring (bicyclic) bond motifs is 1. The largest absolute Gasteiger partial charge is 0.317 e. The first kappa shape index (κ1) is 8.43. The Morgan fingerprint density at radius 2 is 2.40 bits per heavy atom. The summed E-state index contributed by atoms with van der Waals surface area (Å²) < 4.78 is 1.73. The van der Waals surface area contributed by atoms with Gasteiger partial charge in [-0.05, 0) is 11.4 Å². The van der Waals surface area contributed by atoms with Gasteiger partial charge in [0.25, 0.3) is 5.56 Å². The van der Waals surface area contributed by atoms with Gasteiger partial charge in [0.05, 0.1) is 10.6 Å². The zero-order valence-corrected chi connectivity index (χ0v) is 8.49. The second kappa shape index (κ2) is 3.06. The van der Waals surface area contributed by atoms with Gasteiger partial charge >= 0.3 is 0 Å². The Morgan fingerprint density at radius 1 is 1.47 bits per heavy atom. The molecular formula is C10H7N3OS. The third kappa shape index (κ3) is 1.28. The van der Waals surface area contributed by atoms with Crippen LogP contribution in [-0.4, -0.2) is 14.4 Å². The molecular weight excluding hydrogens is 210 g/mol. The normalized spacial score (nSPS) is 10.9. The lowest BCUT2D eigenvalue weighted by Gasteiger charge is -1.98.